The van der Waals surface area contributed by atoms with Crippen LogP contribution in [-0.4, -0.2) is 9.85 Å². The fourth-order valence-corrected chi connectivity index (χ4v) is 5.98. The highest BCUT2D eigenvalue weighted by Gasteiger charge is 2.38. The number of nitrogens with zero attached hydrogens (tertiary/aromatic N) is 2. The summed E-state index contributed by atoms with van der Waals surface area (Å²) in [5, 5.41) is 26.8. The summed E-state index contributed by atoms with van der Waals surface area (Å²) in [6, 6.07) is 27.9. The van der Waals surface area contributed by atoms with Crippen molar-refractivity contribution in [1.29, 1.82) is 0 Å². The molecule has 4 aromatic carbocycles. The van der Waals surface area contributed by atoms with Gasteiger partial charge in [0.25, 0.3) is 11.4 Å². The van der Waals surface area contributed by atoms with Crippen molar-refractivity contribution in [1.82, 2.24) is 5.32 Å². The maximum atomic E-state index is 14.6. The Kier molecular flexibility index (Phi) is 9.76. The maximum absolute atomic E-state index is 14.6. The Labute approximate surface area is 235 Å². The third-order valence-corrected chi connectivity index (χ3v) is 8.36. The second kappa shape index (κ2) is 13.4. The highest BCUT2D eigenvalue weighted by molar-refractivity contribution is 7.54. The summed E-state index contributed by atoms with van der Waals surface area (Å²) in [4.78, 5) is 22.0. The number of rotatable bonds is 13. The molecule has 0 aromatic heterocycles. The molecule has 0 saturated heterocycles. The second-order valence-corrected chi connectivity index (χ2v) is 11.2. The summed E-state index contributed by atoms with van der Waals surface area (Å²) in [5.74, 6) is -1.05. The predicted octanol–water partition coefficient (Wildman–Crippen LogP) is 7.57. The molecule has 0 saturated carbocycles. The van der Waals surface area contributed by atoms with Crippen LogP contribution in [0.15, 0.2) is 103 Å². The van der Waals surface area contributed by atoms with Crippen LogP contribution in [0, 0.1) is 20.2 Å². The molecule has 0 bridgehead atoms. The topological polar surface area (TPSA) is 134 Å². The number of nitro benzene ring substituents is 2. The van der Waals surface area contributed by atoms with E-state index in [2.05, 4.69) is 5.32 Å². The summed E-state index contributed by atoms with van der Waals surface area (Å²) in [6.45, 7) is -0.521. The number of nitrogens with one attached hydrogen (secondary N) is 1. The van der Waals surface area contributed by atoms with Crippen LogP contribution in [0.5, 0.6) is 0 Å². The van der Waals surface area contributed by atoms with Crippen molar-refractivity contribution in [3.63, 3.8) is 0 Å². The molecule has 0 fully saturated rings. The summed E-state index contributed by atoms with van der Waals surface area (Å²) in [5.41, 5.74) is 1.40. The number of nitro groups is 2. The fraction of sp³-hybridized carbons (Fsp3) is 0.143. The van der Waals surface area contributed by atoms with Gasteiger partial charge in [0, 0.05) is 23.7 Å². The molecule has 0 spiro atoms. The smallest absolute Gasteiger partial charge is 0.302 e. The summed E-state index contributed by atoms with van der Waals surface area (Å²) >= 11 is 6.10. The first-order valence-electron chi connectivity index (χ1n) is 12.1. The van der Waals surface area contributed by atoms with Crippen LogP contribution in [0.1, 0.15) is 28.0 Å². The van der Waals surface area contributed by atoms with Gasteiger partial charge in [0.2, 0.25) is 0 Å². The van der Waals surface area contributed by atoms with Gasteiger partial charge in [-0.25, -0.2) is 0 Å². The third-order valence-electron chi connectivity index (χ3n) is 6.02. The van der Waals surface area contributed by atoms with Crippen molar-refractivity contribution in [3.8, 4) is 0 Å². The SMILES string of the molecule is O=[N+]([O-])c1ccccc1COP(=O)(OCc1ccccc1[N+](=O)[O-])[C@H](NCc1ccccc1)c1ccc(Cl)cc1. The molecule has 1 N–H and O–H groups in total. The Morgan fingerprint density at radius 2 is 1.20 bits per heavy atom. The summed E-state index contributed by atoms with van der Waals surface area (Å²) in [7, 11) is -4.23. The molecule has 0 aliphatic rings. The van der Waals surface area contributed by atoms with E-state index in [-0.39, 0.29) is 29.0 Å². The van der Waals surface area contributed by atoms with Gasteiger partial charge in [-0.15, -0.1) is 0 Å². The van der Waals surface area contributed by atoms with Crippen LogP contribution in [0.2, 0.25) is 5.02 Å². The number of benzene rings is 4. The van der Waals surface area contributed by atoms with E-state index < -0.39 is 36.4 Å². The normalized spacial score (nSPS) is 12.1. The first kappa shape index (κ1) is 29.1. The van der Waals surface area contributed by atoms with Crippen LogP contribution < -0.4 is 5.32 Å². The summed E-state index contributed by atoms with van der Waals surface area (Å²) in [6.07, 6.45) is 0. The highest BCUT2D eigenvalue weighted by atomic mass is 35.5. The quantitative estimate of drug-likeness (QED) is 0.0970. The van der Waals surface area contributed by atoms with Crippen molar-refractivity contribution in [2.24, 2.45) is 0 Å². The zero-order chi connectivity index (χ0) is 28.5. The zero-order valence-corrected chi connectivity index (χ0v) is 22.7. The van der Waals surface area contributed by atoms with Crippen molar-refractivity contribution >= 4 is 30.6 Å². The molecule has 40 heavy (non-hydrogen) atoms. The van der Waals surface area contributed by atoms with E-state index in [0.717, 1.165) is 5.56 Å². The van der Waals surface area contributed by atoms with Gasteiger partial charge in [0.05, 0.1) is 34.2 Å². The lowest BCUT2D eigenvalue weighted by Crippen LogP contribution is -2.23. The molecule has 0 aliphatic heterocycles. The molecule has 0 radical (unpaired) electrons. The minimum absolute atomic E-state index is 0.194. The van der Waals surface area contributed by atoms with Crippen molar-refractivity contribution in [2.45, 2.75) is 25.5 Å². The molecule has 10 nitrogen and oxygen atoms in total. The maximum Gasteiger partial charge on any atom is 0.352 e. The number of hydrogen-bond acceptors (Lipinski definition) is 8. The van der Waals surface area contributed by atoms with Crippen LogP contribution in [0.4, 0.5) is 11.4 Å². The third kappa shape index (κ3) is 7.38. The molecule has 0 unspecified atom stereocenters. The van der Waals surface area contributed by atoms with E-state index in [9.17, 15) is 24.8 Å². The minimum atomic E-state index is -4.23. The van der Waals surface area contributed by atoms with E-state index in [1.807, 2.05) is 30.3 Å². The average molecular weight is 582 g/mol. The minimum Gasteiger partial charge on any atom is -0.302 e. The lowest BCUT2D eigenvalue weighted by Gasteiger charge is -2.28. The molecule has 0 heterocycles. The van der Waals surface area contributed by atoms with Crippen molar-refractivity contribution in [3.05, 3.63) is 151 Å². The van der Waals surface area contributed by atoms with E-state index >= 15 is 0 Å². The Bertz CT molecular complexity index is 1450. The number of halogens is 1. The monoisotopic (exact) mass is 581 g/mol. The van der Waals surface area contributed by atoms with Gasteiger partial charge < -0.3 is 9.05 Å². The standard InChI is InChI=1S/C28H25ClN3O7P/c29-25-16-14-22(15-17-25)28(30-18-21-8-2-1-3-9-21)40(37,38-19-23-10-4-6-12-26(23)31(33)34)39-20-24-11-5-7-13-27(24)32(35)36/h1-17,28,30H,18-20H2/t28-/m0/s1. The molecular weight excluding hydrogens is 557 g/mol. The Balaban J connectivity index is 1.72. The predicted molar refractivity (Wildman–Crippen MR) is 151 cm³/mol. The molecular formula is C28H25ClN3O7P. The van der Waals surface area contributed by atoms with Crippen LogP contribution >= 0.6 is 19.2 Å². The molecule has 0 aliphatic carbocycles. The Hall–Kier alpha value is -3.92. The lowest BCUT2D eigenvalue weighted by atomic mass is 10.2. The van der Waals surface area contributed by atoms with Crippen molar-refractivity contribution < 1.29 is 23.5 Å². The van der Waals surface area contributed by atoms with Gasteiger partial charge in [0.15, 0.2) is 0 Å². The average Bonchev–Trinajstić information content (AvgIpc) is 2.97. The van der Waals surface area contributed by atoms with Crippen LogP contribution in [-0.2, 0) is 33.4 Å². The first-order chi connectivity index (χ1) is 19.3. The Morgan fingerprint density at radius 3 is 1.70 bits per heavy atom. The molecule has 4 aromatic rings. The fourth-order valence-electron chi connectivity index (χ4n) is 4.00. The largest absolute Gasteiger partial charge is 0.352 e. The van der Waals surface area contributed by atoms with E-state index in [0.29, 0.717) is 10.6 Å². The van der Waals surface area contributed by atoms with Gasteiger partial charge in [-0.3, -0.25) is 30.1 Å². The molecule has 12 heteroatoms. The molecule has 1 atom stereocenters. The van der Waals surface area contributed by atoms with E-state index in [1.54, 1.807) is 36.4 Å². The summed E-state index contributed by atoms with van der Waals surface area (Å²) < 4.78 is 26.5. The zero-order valence-electron chi connectivity index (χ0n) is 21.1. The lowest BCUT2D eigenvalue weighted by molar-refractivity contribution is -0.385. The molecule has 0 amide bonds. The van der Waals surface area contributed by atoms with Crippen LogP contribution in [0.25, 0.3) is 0 Å². The van der Waals surface area contributed by atoms with E-state index in [4.69, 9.17) is 20.6 Å². The number of hydrogen-bond donors (Lipinski definition) is 1. The second-order valence-electron chi connectivity index (χ2n) is 8.68. The van der Waals surface area contributed by atoms with Gasteiger partial charge in [-0.1, -0.05) is 78.3 Å². The van der Waals surface area contributed by atoms with Gasteiger partial charge in [0.1, 0.15) is 5.78 Å². The van der Waals surface area contributed by atoms with Crippen molar-refractivity contribution in [2.75, 3.05) is 0 Å². The molecule has 206 valence electrons. The van der Waals surface area contributed by atoms with Gasteiger partial charge in [-0.05, 0) is 35.4 Å². The van der Waals surface area contributed by atoms with Gasteiger partial charge >= 0.3 is 7.60 Å². The highest BCUT2D eigenvalue weighted by Crippen LogP contribution is 2.61. The van der Waals surface area contributed by atoms with Crippen LogP contribution in [0.3, 0.4) is 0 Å². The van der Waals surface area contributed by atoms with E-state index in [1.165, 1.54) is 36.4 Å². The molecule has 4 rings (SSSR count). The van der Waals surface area contributed by atoms with Gasteiger partial charge in [-0.2, -0.15) is 0 Å². The first-order valence-corrected chi connectivity index (χ1v) is 14.1. The number of para-hydroxylation sites is 2. The Morgan fingerprint density at radius 1 is 0.725 bits per heavy atom.